The van der Waals surface area contributed by atoms with Crippen molar-refractivity contribution in [3.8, 4) is 0 Å². The fourth-order valence-corrected chi connectivity index (χ4v) is 4.24. The molecule has 1 saturated carbocycles. The van der Waals surface area contributed by atoms with E-state index in [-0.39, 0.29) is 17.9 Å². The first-order chi connectivity index (χ1) is 16.7. The summed E-state index contributed by atoms with van der Waals surface area (Å²) < 4.78 is 0. The molecule has 1 saturated heterocycles. The number of carbonyl (C=O) groups excluding carboxylic acids is 5. The molecule has 1 aromatic rings. The van der Waals surface area contributed by atoms with Gasteiger partial charge in [0, 0.05) is 14.1 Å². The molecule has 2 aliphatic rings. The maximum Gasteiger partial charge on any atom is 0.290 e. The van der Waals surface area contributed by atoms with Crippen LogP contribution >= 0.6 is 0 Å². The molecule has 1 aliphatic heterocycles. The Labute approximate surface area is 205 Å². The van der Waals surface area contributed by atoms with Crippen LogP contribution in [0.4, 0.5) is 0 Å². The van der Waals surface area contributed by atoms with E-state index in [1.165, 1.54) is 4.90 Å². The molecule has 0 spiro atoms. The third-order valence-electron chi connectivity index (χ3n) is 6.48. The average Bonchev–Trinajstić information content (AvgIpc) is 3.56. The Bertz CT molecular complexity index is 947. The number of Topliss-reactive ketones (excluding diaryl/α,β-unsaturated/α-hetero) is 1. The maximum atomic E-state index is 12.9. The van der Waals surface area contributed by atoms with Gasteiger partial charge in [-0.2, -0.15) is 0 Å². The Kier molecular flexibility index (Phi) is 8.97. The molecule has 0 radical (unpaired) electrons. The molecule has 1 heterocycles. The molecule has 1 aromatic carbocycles. The summed E-state index contributed by atoms with van der Waals surface area (Å²) in [6.07, 6.45) is 3.97. The van der Waals surface area contributed by atoms with Gasteiger partial charge in [0.1, 0.15) is 6.04 Å². The van der Waals surface area contributed by atoms with Crippen LogP contribution in [0.5, 0.6) is 0 Å². The standard InChI is InChI=1S/C25H35N5O5/c1-29(2)25(35)21(17-8-5-4-6-9-17)28-20(31)15-26-24(34)22(32)18(14-16-11-12-16)27-23(33)19-10-7-13-30(19)3/h4-6,8-9,16,18-19,21H,7,10-15H2,1-3H3,(H,26,34)(H,27,33)(H,28,31). The summed E-state index contributed by atoms with van der Waals surface area (Å²) in [5.41, 5.74) is 0.603. The van der Waals surface area contributed by atoms with Gasteiger partial charge in [-0.25, -0.2) is 0 Å². The molecule has 0 bridgehead atoms. The summed E-state index contributed by atoms with van der Waals surface area (Å²) in [4.78, 5) is 66.6. The monoisotopic (exact) mass is 485 g/mol. The minimum absolute atomic E-state index is 0.248. The Morgan fingerprint density at radius 2 is 1.71 bits per heavy atom. The zero-order valence-corrected chi connectivity index (χ0v) is 20.6. The number of amides is 4. The lowest BCUT2D eigenvalue weighted by Gasteiger charge is -2.23. The van der Waals surface area contributed by atoms with Crippen LogP contribution in [0.15, 0.2) is 30.3 Å². The molecule has 10 nitrogen and oxygen atoms in total. The Morgan fingerprint density at radius 1 is 1.03 bits per heavy atom. The lowest BCUT2D eigenvalue weighted by atomic mass is 10.0. The fraction of sp³-hybridized carbons (Fsp3) is 0.560. The molecule has 0 aromatic heterocycles. The van der Waals surface area contributed by atoms with Crippen molar-refractivity contribution in [3.05, 3.63) is 35.9 Å². The first-order valence-corrected chi connectivity index (χ1v) is 12.1. The van der Waals surface area contributed by atoms with Crippen molar-refractivity contribution in [1.82, 2.24) is 25.8 Å². The minimum atomic E-state index is -0.930. The van der Waals surface area contributed by atoms with Crippen molar-refractivity contribution in [1.29, 1.82) is 0 Å². The number of likely N-dealkylation sites (N-methyl/N-ethyl adjacent to an activating group) is 2. The SMILES string of the molecule is CN(C)C(=O)C(NC(=O)CNC(=O)C(=O)C(CC1CC1)NC(=O)C1CCCN1C)c1ccccc1. The van der Waals surface area contributed by atoms with Crippen LogP contribution in [0.2, 0.25) is 0 Å². The number of likely N-dealkylation sites (tertiary alicyclic amines) is 1. The average molecular weight is 486 g/mol. The predicted molar refractivity (Wildman–Crippen MR) is 129 cm³/mol. The molecule has 190 valence electrons. The molecular weight excluding hydrogens is 450 g/mol. The lowest BCUT2D eigenvalue weighted by Crippen LogP contribution is -2.53. The largest absolute Gasteiger partial charge is 0.347 e. The summed E-state index contributed by atoms with van der Waals surface area (Å²) in [5, 5.41) is 7.74. The number of hydrogen-bond donors (Lipinski definition) is 3. The van der Waals surface area contributed by atoms with Crippen LogP contribution in [0, 0.1) is 5.92 Å². The van der Waals surface area contributed by atoms with Crippen molar-refractivity contribution in [2.45, 2.75) is 50.2 Å². The summed E-state index contributed by atoms with van der Waals surface area (Å²) in [6.45, 7) is 0.347. The summed E-state index contributed by atoms with van der Waals surface area (Å²) in [5.74, 6) is -2.56. The quantitative estimate of drug-likeness (QED) is 0.379. The predicted octanol–water partition coefficient (Wildman–Crippen LogP) is -0.00350. The van der Waals surface area contributed by atoms with Gasteiger partial charge in [0.15, 0.2) is 0 Å². The molecule has 10 heteroatoms. The molecule has 3 N–H and O–H groups in total. The van der Waals surface area contributed by atoms with Crippen molar-refractivity contribution >= 4 is 29.4 Å². The van der Waals surface area contributed by atoms with E-state index in [1.807, 2.05) is 11.9 Å². The molecule has 35 heavy (non-hydrogen) atoms. The van der Waals surface area contributed by atoms with E-state index >= 15 is 0 Å². The van der Waals surface area contributed by atoms with E-state index in [9.17, 15) is 24.0 Å². The number of ketones is 1. The van der Waals surface area contributed by atoms with Crippen molar-refractivity contribution in [2.75, 3.05) is 34.2 Å². The van der Waals surface area contributed by atoms with E-state index in [2.05, 4.69) is 16.0 Å². The first kappa shape index (κ1) is 26.3. The third kappa shape index (κ3) is 7.35. The highest BCUT2D eigenvalue weighted by molar-refractivity contribution is 6.38. The topological polar surface area (TPSA) is 128 Å². The van der Waals surface area contributed by atoms with Crippen molar-refractivity contribution in [3.63, 3.8) is 0 Å². The number of hydrogen-bond acceptors (Lipinski definition) is 6. The molecule has 3 atom stereocenters. The Morgan fingerprint density at radius 3 is 2.29 bits per heavy atom. The third-order valence-corrected chi connectivity index (χ3v) is 6.48. The van der Waals surface area contributed by atoms with Gasteiger partial charge in [-0.15, -0.1) is 0 Å². The number of benzene rings is 1. The van der Waals surface area contributed by atoms with Gasteiger partial charge in [0.05, 0.1) is 18.6 Å². The second-order valence-corrected chi connectivity index (χ2v) is 9.57. The van der Waals surface area contributed by atoms with Crippen LogP contribution in [-0.4, -0.2) is 85.5 Å². The fourth-order valence-electron chi connectivity index (χ4n) is 4.24. The number of carbonyl (C=O) groups is 5. The Balaban J connectivity index is 1.57. The van der Waals surface area contributed by atoms with Gasteiger partial charge < -0.3 is 20.9 Å². The van der Waals surface area contributed by atoms with Gasteiger partial charge in [-0.3, -0.25) is 28.9 Å². The maximum absolute atomic E-state index is 12.9. The molecular formula is C25H35N5O5. The Hall–Kier alpha value is -3.27. The zero-order chi connectivity index (χ0) is 25.5. The van der Waals surface area contributed by atoms with Crippen molar-refractivity contribution in [2.24, 2.45) is 5.92 Å². The normalized spacial score (nSPS) is 19.3. The number of nitrogens with one attached hydrogen (secondary N) is 3. The highest BCUT2D eigenvalue weighted by Gasteiger charge is 2.36. The van der Waals surface area contributed by atoms with E-state index < -0.39 is 36.2 Å². The first-order valence-electron chi connectivity index (χ1n) is 12.1. The summed E-state index contributed by atoms with van der Waals surface area (Å²) in [7, 11) is 5.04. The van der Waals surface area contributed by atoms with Gasteiger partial charge in [0.2, 0.25) is 23.5 Å². The van der Waals surface area contributed by atoms with Gasteiger partial charge in [0.25, 0.3) is 5.91 Å². The van der Waals surface area contributed by atoms with Crippen LogP contribution in [0.25, 0.3) is 0 Å². The molecule has 3 rings (SSSR count). The van der Waals surface area contributed by atoms with E-state index in [1.54, 1.807) is 44.4 Å². The van der Waals surface area contributed by atoms with Gasteiger partial charge in [-0.05, 0) is 44.3 Å². The second-order valence-electron chi connectivity index (χ2n) is 9.57. The van der Waals surface area contributed by atoms with Crippen LogP contribution in [0.1, 0.15) is 43.7 Å². The van der Waals surface area contributed by atoms with E-state index in [0.717, 1.165) is 25.8 Å². The highest BCUT2D eigenvalue weighted by atomic mass is 16.2. The smallest absolute Gasteiger partial charge is 0.290 e. The number of nitrogens with zero attached hydrogens (tertiary/aromatic N) is 2. The van der Waals surface area contributed by atoms with Gasteiger partial charge in [-0.1, -0.05) is 43.2 Å². The zero-order valence-electron chi connectivity index (χ0n) is 20.6. The molecule has 1 aliphatic carbocycles. The van der Waals surface area contributed by atoms with Crippen molar-refractivity contribution < 1.29 is 24.0 Å². The van der Waals surface area contributed by atoms with E-state index in [0.29, 0.717) is 24.3 Å². The van der Waals surface area contributed by atoms with Crippen LogP contribution in [-0.2, 0) is 24.0 Å². The summed E-state index contributed by atoms with van der Waals surface area (Å²) in [6, 6.07) is 6.63. The highest BCUT2D eigenvalue weighted by Crippen LogP contribution is 2.33. The molecule has 2 fully saturated rings. The number of rotatable bonds is 11. The lowest BCUT2D eigenvalue weighted by molar-refractivity contribution is -0.141. The van der Waals surface area contributed by atoms with Crippen LogP contribution < -0.4 is 16.0 Å². The minimum Gasteiger partial charge on any atom is -0.347 e. The van der Waals surface area contributed by atoms with Crippen LogP contribution in [0.3, 0.4) is 0 Å². The van der Waals surface area contributed by atoms with Gasteiger partial charge >= 0.3 is 0 Å². The van der Waals surface area contributed by atoms with E-state index in [4.69, 9.17) is 0 Å². The second kappa shape index (κ2) is 11.9. The molecule has 3 unspecified atom stereocenters. The molecule has 4 amide bonds. The summed E-state index contributed by atoms with van der Waals surface area (Å²) >= 11 is 0.